The highest BCUT2D eigenvalue weighted by atomic mass is 35.5. The summed E-state index contributed by atoms with van der Waals surface area (Å²) in [4.78, 5) is 16.5. The van der Waals surface area contributed by atoms with Crippen molar-refractivity contribution < 1.29 is 4.39 Å². The number of benzene rings is 2. The van der Waals surface area contributed by atoms with E-state index in [0.717, 1.165) is 5.56 Å². The molecule has 6 heteroatoms. The molecule has 2 aromatic carbocycles. The summed E-state index contributed by atoms with van der Waals surface area (Å²) in [6, 6.07) is 13.1. The average Bonchev–Trinajstić information content (AvgIpc) is 2.55. The monoisotopic (exact) mass is 329 g/mol. The van der Waals surface area contributed by atoms with Gasteiger partial charge in [0.2, 0.25) is 0 Å². The molecule has 0 bridgehead atoms. The number of anilines is 1. The average molecular weight is 330 g/mol. The summed E-state index contributed by atoms with van der Waals surface area (Å²) in [5, 5.41) is 3.64. The molecule has 3 rings (SSSR count). The van der Waals surface area contributed by atoms with Crippen LogP contribution >= 0.6 is 11.6 Å². The van der Waals surface area contributed by atoms with Gasteiger partial charge in [-0.1, -0.05) is 29.8 Å². The van der Waals surface area contributed by atoms with Crippen molar-refractivity contribution in [3.8, 4) is 5.69 Å². The van der Waals surface area contributed by atoms with E-state index in [9.17, 15) is 9.18 Å². The zero-order chi connectivity index (χ0) is 16.2. The minimum Gasteiger partial charge on any atom is -0.361 e. The molecule has 0 saturated carbocycles. The zero-order valence-corrected chi connectivity index (χ0v) is 12.8. The first kappa shape index (κ1) is 15.2. The molecule has 0 amide bonds. The van der Waals surface area contributed by atoms with E-state index in [1.54, 1.807) is 24.3 Å². The van der Waals surface area contributed by atoms with Crippen LogP contribution in [0.3, 0.4) is 0 Å². The largest absolute Gasteiger partial charge is 0.361 e. The fourth-order valence-electron chi connectivity index (χ4n) is 2.15. The zero-order valence-electron chi connectivity index (χ0n) is 12.0. The van der Waals surface area contributed by atoms with Crippen molar-refractivity contribution >= 4 is 17.4 Å². The van der Waals surface area contributed by atoms with Gasteiger partial charge in [-0.05, 0) is 35.9 Å². The maximum atomic E-state index is 13.3. The van der Waals surface area contributed by atoms with E-state index < -0.39 is 5.82 Å². The second kappa shape index (κ2) is 6.62. The summed E-state index contributed by atoms with van der Waals surface area (Å²) < 4.78 is 14.7. The van der Waals surface area contributed by atoms with Crippen LogP contribution in [0.15, 0.2) is 65.7 Å². The van der Waals surface area contributed by atoms with Gasteiger partial charge in [0.15, 0.2) is 5.82 Å². The topological polar surface area (TPSA) is 46.9 Å². The van der Waals surface area contributed by atoms with Gasteiger partial charge in [-0.15, -0.1) is 0 Å². The molecule has 0 aliphatic heterocycles. The molecule has 0 unspecified atom stereocenters. The first-order valence-corrected chi connectivity index (χ1v) is 7.33. The van der Waals surface area contributed by atoms with Crippen molar-refractivity contribution in [2.45, 2.75) is 6.54 Å². The predicted octanol–water partition coefficient (Wildman–Crippen LogP) is 3.64. The van der Waals surface area contributed by atoms with Gasteiger partial charge in [-0.2, -0.15) is 0 Å². The van der Waals surface area contributed by atoms with Crippen LogP contribution in [0, 0.1) is 5.82 Å². The van der Waals surface area contributed by atoms with Crippen LogP contribution < -0.4 is 10.9 Å². The number of nitrogens with zero attached hydrogens (tertiary/aromatic N) is 2. The SMILES string of the molecule is O=c1c(NCc2ccc(Cl)cc2)nccn1-c1cccc(F)c1. The Morgan fingerprint density at radius 3 is 2.70 bits per heavy atom. The van der Waals surface area contributed by atoms with Crippen LogP contribution in [-0.4, -0.2) is 9.55 Å². The molecule has 4 nitrogen and oxygen atoms in total. The Morgan fingerprint density at radius 2 is 1.96 bits per heavy atom. The standard InChI is InChI=1S/C17H13ClFN3O/c18-13-6-4-12(5-7-13)11-21-16-17(23)22(9-8-20-16)15-3-1-2-14(19)10-15/h1-10H,11H2,(H,20,21). The van der Waals surface area contributed by atoms with Crippen LogP contribution in [0.4, 0.5) is 10.2 Å². The lowest BCUT2D eigenvalue weighted by Crippen LogP contribution is -2.23. The lowest BCUT2D eigenvalue weighted by atomic mass is 10.2. The van der Waals surface area contributed by atoms with Crippen LogP contribution in [0.25, 0.3) is 5.69 Å². The third-order valence-corrected chi connectivity index (χ3v) is 3.55. The Morgan fingerprint density at radius 1 is 1.17 bits per heavy atom. The summed E-state index contributed by atoms with van der Waals surface area (Å²) in [6.45, 7) is 0.437. The van der Waals surface area contributed by atoms with Crippen LogP contribution in [0.5, 0.6) is 0 Å². The highest BCUT2D eigenvalue weighted by Gasteiger charge is 2.07. The van der Waals surface area contributed by atoms with Crippen molar-refractivity contribution in [1.29, 1.82) is 0 Å². The smallest absolute Gasteiger partial charge is 0.297 e. The molecule has 0 aliphatic carbocycles. The molecule has 0 fully saturated rings. The molecule has 1 heterocycles. The summed E-state index contributed by atoms with van der Waals surface area (Å²) >= 11 is 5.84. The summed E-state index contributed by atoms with van der Waals surface area (Å²) in [5.41, 5.74) is 1.08. The molecule has 0 spiro atoms. The van der Waals surface area contributed by atoms with E-state index in [0.29, 0.717) is 17.3 Å². The van der Waals surface area contributed by atoms with Gasteiger partial charge in [0.1, 0.15) is 5.82 Å². The maximum absolute atomic E-state index is 13.3. The molecule has 116 valence electrons. The molecular formula is C17H13ClFN3O. The second-order valence-electron chi connectivity index (χ2n) is 4.91. The van der Waals surface area contributed by atoms with Gasteiger partial charge in [-0.3, -0.25) is 9.36 Å². The molecule has 1 aromatic heterocycles. The molecule has 23 heavy (non-hydrogen) atoms. The summed E-state index contributed by atoms with van der Waals surface area (Å²) in [6.07, 6.45) is 3.00. The van der Waals surface area contributed by atoms with E-state index in [1.165, 1.54) is 29.1 Å². The number of hydrogen-bond donors (Lipinski definition) is 1. The number of rotatable bonds is 4. The Kier molecular flexibility index (Phi) is 4.39. The Bertz CT molecular complexity index is 878. The predicted molar refractivity (Wildman–Crippen MR) is 88.6 cm³/mol. The van der Waals surface area contributed by atoms with Gasteiger partial charge in [0.05, 0.1) is 5.69 Å². The van der Waals surface area contributed by atoms with Gasteiger partial charge in [0, 0.05) is 24.0 Å². The van der Waals surface area contributed by atoms with Gasteiger partial charge >= 0.3 is 0 Å². The molecule has 0 aliphatic rings. The van der Waals surface area contributed by atoms with E-state index in [2.05, 4.69) is 10.3 Å². The molecule has 0 saturated heterocycles. The van der Waals surface area contributed by atoms with Gasteiger partial charge in [0.25, 0.3) is 5.56 Å². The minimum atomic E-state index is -0.401. The molecule has 1 N–H and O–H groups in total. The third-order valence-electron chi connectivity index (χ3n) is 3.30. The van der Waals surface area contributed by atoms with Crippen molar-refractivity contribution in [1.82, 2.24) is 9.55 Å². The Balaban J connectivity index is 1.85. The number of halogens is 2. The van der Waals surface area contributed by atoms with Crippen molar-refractivity contribution in [3.63, 3.8) is 0 Å². The highest BCUT2D eigenvalue weighted by Crippen LogP contribution is 2.11. The number of aromatic nitrogens is 2. The lowest BCUT2D eigenvalue weighted by molar-refractivity contribution is 0.626. The molecule has 0 radical (unpaired) electrons. The van der Waals surface area contributed by atoms with Crippen molar-refractivity contribution in [2.24, 2.45) is 0 Å². The van der Waals surface area contributed by atoms with E-state index in [4.69, 9.17) is 11.6 Å². The van der Waals surface area contributed by atoms with E-state index in [-0.39, 0.29) is 11.4 Å². The van der Waals surface area contributed by atoms with Crippen molar-refractivity contribution in [2.75, 3.05) is 5.32 Å². The number of nitrogens with one attached hydrogen (secondary N) is 1. The van der Waals surface area contributed by atoms with Crippen LogP contribution in [-0.2, 0) is 6.54 Å². The molecular weight excluding hydrogens is 317 g/mol. The van der Waals surface area contributed by atoms with Gasteiger partial charge in [-0.25, -0.2) is 9.37 Å². The fourth-order valence-corrected chi connectivity index (χ4v) is 2.28. The number of hydrogen-bond acceptors (Lipinski definition) is 3. The first-order chi connectivity index (χ1) is 11.1. The molecule has 0 atom stereocenters. The summed E-state index contributed by atoms with van der Waals surface area (Å²) in [7, 11) is 0. The Labute approximate surface area is 137 Å². The highest BCUT2D eigenvalue weighted by molar-refractivity contribution is 6.30. The maximum Gasteiger partial charge on any atom is 0.297 e. The summed E-state index contributed by atoms with van der Waals surface area (Å²) in [5.74, 6) is -0.200. The first-order valence-electron chi connectivity index (χ1n) is 6.95. The van der Waals surface area contributed by atoms with Gasteiger partial charge < -0.3 is 5.32 Å². The Hall–Kier alpha value is -2.66. The van der Waals surface area contributed by atoms with Crippen LogP contribution in [0.1, 0.15) is 5.56 Å². The normalized spacial score (nSPS) is 10.5. The minimum absolute atomic E-state index is 0.201. The quantitative estimate of drug-likeness (QED) is 0.795. The second-order valence-corrected chi connectivity index (χ2v) is 5.35. The van der Waals surface area contributed by atoms with E-state index in [1.807, 2.05) is 12.1 Å². The van der Waals surface area contributed by atoms with Crippen molar-refractivity contribution in [3.05, 3.63) is 87.7 Å². The fraction of sp³-hybridized carbons (Fsp3) is 0.0588. The third kappa shape index (κ3) is 3.57. The lowest BCUT2D eigenvalue weighted by Gasteiger charge is -2.09. The van der Waals surface area contributed by atoms with Crippen LogP contribution in [0.2, 0.25) is 5.02 Å². The van der Waals surface area contributed by atoms with E-state index >= 15 is 0 Å². The molecule has 3 aromatic rings.